The lowest BCUT2D eigenvalue weighted by molar-refractivity contribution is -0.127. The predicted molar refractivity (Wildman–Crippen MR) is 93.4 cm³/mol. The monoisotopic (exact) mass is 344 g/mol. The summed E-state index contributed by atoms with van der Waals surface area (Å²) in [4.78, 5) is 26.4. The SMILES string of the molecule is C[C@H](NC(=O)[C@@H]1CC(=O)N(c2cccc(F)c2)C1)[C@H]1C[C@H]2CC[C@H]1C2. The van der Waals surface area contributed by atoms with Crippen LogP contribution in [0.15, 0.2) is 24.3 Å². The van der Waals surface area contributed by atoms with Gasteiger partial charge in [0.25, 0.3) is 0 Å². The van der Waals surface area contributed by atoms with Crippen LogP contribution in [-0.4, -0.2) is 24.4 Å². The minimum Gasteiger partial charge on any atom is -0.353 e. The van der Waals surface area contributed by atoms with Gasteiger partial charge in [-0.3, -0.25) is 9.59 Å². The first-order valence-electron chi connectivity index (χ1n) is 9.37. The van der Waals surface area contributed by atoms with E-state index in [0.29, 0.717) is 18.2 Å². The number of hydrogen-bond donors (Lipinski definition) is 1. The molecule has 2 amide bonds. The van der Waals surface area contributed by atoms with E-state index in [0.717, 1.165) is 11.8 Å². The Labute approximate surface area is 147 Å². The number of amides is 2. The Morgan fingerprint density at radius 2 is 2.16 bits per heavy atom. The molecular weight excluding hydrogens is 319 g/mol. The summed E-state index contributed by atoms with van der Waals surface area (Å²) in [5, 5.41) is 3.16. The summed E-state index contributed by atoms with van der Waals surface area (Å²) in [6, 6.07) is 6.16. The Kier molecular flexibility index (Phi) is 4.26. The second-order valence-electron chi connectivity index (χ2n) is 8.02. The van der Waals surface area contributed by atoms with E-state index < -0.39 is 0 Å². The van der Waals surface area contributed by atoms with Crippen LogP contribution in [0.4, 0.5) is 10.1 Å². The van der Waals surface area contributed by atoms with Crippen LogP contribution in [0.5, 0.6) is 0 Å². The zero-order valence-corrected chi connectivity index (χ0v) is 14.6. The number of rotatable bonds is 4. The van der Waals surface area contributed by atoms with Gasteiger partial charge in [0, 0.05) is 24.7 Å². The largest absolute Gasteiger partial charge is 0.353 e. The Balaban J connectivity index is 1.37. The highest BCUT2D eigenvalue weighted by molar-refractivity contribution is 6.00. The van der Waals surface area contributed by atoms with Gasteiger partial charge in [0.2, 0.25) is 11.8 Å². The summed E-state index contributed by atoms with van der Waals surface area (Å²) in [7, 11) is 0. The van der Waals surface area contributed by atoms with Gasteiger partial charge in [0.1, 0.15) is 5.82 Å². The Hall–Kier alpha value is -1.91. The lowest BCUT2D eigenvalue weighted by Crippen LogP contribution is -2.43. The second-order valence-corrected chi connectivity index (χ2v) is 8.02. The molecule has 2 saturated carbocycles. The number of nitrogens with zero attached hydrogens (tertiary/aromatic N) is 1. The van der Waals surface area contributed by atoms with Gasteiger partial charge in [-0.1, -0.05) is 12.5 Å². The molecule has 1 heterocycles. The van der Waals surface area contributed by atoms with Crippen LogP contribution in [0, 0.1) is 29.5 Å². The molecule has 3 aliphatic rings. The molecule has 3 fully saturated rings. The number of hydrogen-bond acceptors (Lipinski definition) is 2. The first-order valence-corrected chi connectivity index (χ1v) is 9.37. The van der Waals surface area contributed by atoms with Crippen LogP contribution >= 0.6 is 0 Å². The normalized spacial score (nSPS) is 32.2. The number of nitrogens with one attached hydrogen (secondary N) is 1. The van der Waals surface area contributed by atoms with Gasteiger partial charge < -0.3 is 10.2 Å². The summed E-state index contributed by atoms with van der Waals surface area (Å²) >= 11 is 0. The van der Waals surface area contributed by atoms with E-state index in [-0.39, 0.29) is 36.0 Å². The van der Waals surface area contributed by atoms with Gasteiger partial charge >= 0.3 is 0 Å². The van der Waals surface area contributed by atoms with Crippen molar-refractivity contribution in [1.29, 1.82) is 0 Å². The van der Waals surface area contributed by atoms with E-state index in [1.165, 1.54) is 42.7 Å². The van der Waals surface area contributed by atoms with Crippen molar-refractivity contribution in [3.05, 3.63) is 30.1 Å². The number of carbonyl (C=O) groups is 2. The van der Waals surface area contributed by atoms with E-state index in [4.69, 9.17) is 0 Å². The van der Waals surface area contributed by atoms with Gasteiger partial charge in [-0.05, 0) is 62.1 Å². The molecule has 2 bridgehead atoms. The van der Waals surface area contributed by atoms with E-state index in [2.05, 4.69) is 12.2 Å². The number of halogens is 1. The van der Waals surface area contributed by atoms with Crippen LogP contribution in [0.25, 0.3) is 0 Å². The van der Waals surface area contributed by atoms with Gasteiger partial charge in [-0.2, -0.15) is 0 Å². The van der Waals surface area contributed by atoms with Crippen LogP contribution in [-0.2, 0) is 9.59 Å². The van der Waals surface area contributed by atoms with Crippen molar-refractivity contribution in [2.75, 3.05) is 11.4 Å². The van der Waals surface area contributed by atoms with E-state index >= 15 is 0 Å². The van der Waals surface area contributed by atoms with Crippen molar-refractivity contribution in [3.8, 4) is 0 Å². The number of carbonyl (C=O) groups excluding carboxylic acids is 2. The van der Waals surface area contributed by atoms with Gasteiger partial charge in [-0.25, -0.2) is 4.39 Å². The molecule has 1 aliphatic heterocycles. The third-order valence-electron chi connectivity index (χ3n) is 6.42. The van der Waals surface area contributed by atoms with Crippen molar-refractivity contribution in [2.45, 2.75) is 45.1 Å². The van der Waals surface area contributed by atoms with Crippen LogP contribution in [0.2, 0.25) is 0 Å². The maximum absolute atomic E-state index is 13.4. The number of benzene rings is 1. The Morgan fingerprint density at radius 1 is 1.32 bits per heavy atom. The summed E-state index contributed by atoms with van der Waals surface area (Å²) in [6.45, 7) is 2.43. The predicted octanol–water partition coefficient (Wildman–Crippen LogP) is 3.12. The summed E-state index contributed by atoms with van der Waals surface area (Å²) in [5.74, 6) is 1.32. The number of anilines is 1. The maximum atomic E-state index is 13.4. The Morgan fingerprint density at radius 3 is 2.84 bits per heavy atom. The average Bonchev–Trinajstić information content (AvgIpc) is 3.29. The van der Waals surface area contributed by atoms with Crippen molar-refractivity contribution in [3.63, 3.8) is 0 Å². The zero-order valence-electron chi connectivity index (χ0n) is 14.6. The molecule has 4 nitrogen and oxygen atoms in total. The second kappa shape index (κ2) is 6.43. The molecule has 5 atom stereocenters. The number of fused-ring (bicyclic) bond motifs is 2. The molecule has 0 spiro atoms. The minimum absolute atomic E-state index is 0.0393. The lowest BCUT2D eigenvalue weighted by atomic mass is 9.84. The molecular formula is C20H25FN2O2. The van der Waals surface area contributed by atoms with Crippen molar-refractivity contribution < 1.29 is 14.0 Å². The van der Waals surface area contributed by atoms with Crippen molar-refractivity contribution in [1.82, 2.24) is 5.32 Å². The lowest BCUT2D eigenvalue weighted by Gasteiger charge is -2.29. The Bertz CT molecular complexity index is 692. The standard InChI is InChI=1S/C20H25FN2O2/c1-12(18-8-13-5-6-14(18)7-13)22-20(25)15-9-19(24)23(11-15)17-4-2-3-16(21)10-17/h2-4,10,12-15,18H,5-9,11H2,1H3,(H,22,25)/t12-,13-,14-,15+,18+/m0/s1. The average molecular weight is 344 g/mol. The van der Waals surface area contributed by atoms with Crippen LogP contribution in [0.3, 0.4) is 0 Å². The summed E-state index contributed by atoms with van der Waals surface area (Å²) < 4.78 is 13.4. The smallest absolute Gasteiger partial charge is 0.227 e. The molecule has 1 aromatic rings. The topological polar surface area (TPSA) is 49.4 Å². The maximum Gasteiger partial charge on any atom is 0.227 e. The molecule has 2 aliphatic carbocycles. The summed E-state index contributed by atoms with van der Waals surface area (Å²) in [5.41, 5.74) is 0.529. The van der Waals surface area contributed by atoms with Crippen LogP contribution < -0.4 is 10.2 Å². The molecule has 1 N–H and O–H groups in total. The minimum atomic E-state index is -0.372. The van der Waals surface area contributed by atoms with E-state index in [1.54, 1.807) is 12.1 Å². The highest BCUT2D eigenvalue weighted by Crippen LogP contribution is 2.49. The molecule has 25 heavy (non-hydrogen) atoms. The molecule has 0 aromatic heterocycles. The third-order valence-corrected chi connectivity index (χ3v) is 6.42. The van der Waals surface area contributed by atoms with Crippen molar-refractivity contribution >= 4 is 17.5 Å². The highest BCUT2D eigenvalue weighted by Gasteiger charge is 2.43. The molecule has 0 unspecified atom stereocenters. The summed E-state index contributed by atoms with van der Waals surface area (Å²) in [6.07, 6.45) is 5.39. The van der Waals surface area contributed by atoms with Gasteiger partial charge in [0.05, 0.1) is 5.92 Å². The fourth-order valence-electron chi connectivity index (χ4n) is 5.13. The first kappa shape index (κ1) is 16.6. The fraction of sp³-hybridized carbons (Fsp3) is 0.600. The van der Waals surface area contributed by atoms with Crippen molar-refractivity contribution in [2.24, 2.45) is 23.7 Å². The third kappa shape index (κ3) is 3.16. The van der Waals surface area contributed by atoms with Gasteiger partial charge in [0.15, 0.2) is 0 Å². The van der Waals surface area contributed by atoms with E-state index in [1.807, 2.05) is 0 Å². The quantitative estimate of drug-likeness (QED) is 0.912. The zero-order chi connectivity index (χ0) is 17.6. The molecule has 1 saturated heterocycles. The molecule has 134 valence electrons. The molecule has 4 rings (SSSR count). The van der Waals surface area contributed by atoms with E-state index in [9.17, 15) is 14.0 Å². The first-order chi connectivity index (χ1) is 12.0. The molecule has 1 aromatic carbocycles. The van der Waals surface area contributed by atoms with Gasteiger partial charge in [-0.15, -0.1) is 0 Å². The molecule has 5 heteroatoms. The van der Waals surface area contributed by atoms with Crippen LogP contribution in [0.1, 0.15) is 39.0 Å². The molecule has 0 radical (unpaired) electrons. The highest BCUT2D eigenvalue weighted by atomic mass is 19.1. The fourth-order valence-corrected chi connectivity index (χ4v) is 5.13.